The molecule has 2 aromatic heterocycles. The van der Waals surface area contributed by atoms with Crippen molar-refractivity contribution in [3.8, 4) is 22.5 Å². The number of carbonyl (C=O) groups is 2. The number of nitrogens with zero attached hydrogens (tertiary/aromatic N) is 2. The Morgan fingerprint density at radius 2 is 1.00 bits per heavy atom. The molecule has 8 heteroatoms. The van der Waals surface area contributed by atoms with Crippen LogP contribution in [-0.4, -0.2) is 21.8 Å². The molecule has 0 aliphatic heterocycles. The lowest BCUT2D eigenvalue weighted by atomic mass is 10.1. The third-order valence-corrected chi connectivity index (χ3v) is 7.76. The van der Waals surface area contributed by atoms with Gasteiger partial charge >= 0.3 is 0 Å². The SMILES string of the molecule is Cc1sc(NC(=O)CCCCCCCC(=O)Nc2nc(-c3ccccc3)c(C)s2)nc1-c1ccccc1. The van der Waals surface area contributed by atoms with E-state index < -0.39 is 0 Å². The first-order valence-corrected chi connectivity index (χ1v) is 14.3. The first-order valence-electron chi connectivity index (χ1n) is 12.6. The van der Waals surface area contributed by atoms with Crippen LogP contribution in [0.2, 0.25) is 0 Å². The average Bonchev–Trinajstić information content (AvgIpc) is 3.45. The Hall–Kier alpha value is -3.36. The van der Waals surface area contributed by atoms with Gasteiger partial charge in [0.25, 0.3) is 0 Å². The molecule has 2 heterocycles. The van der Waals surface area contributed by atoms with E-state index in [2.05, 4.69) is 20.6 Å². The van der Waals surface area contributed by atoms with Gasteiger partial charge in [0.1, 0.15) is 0 Å². The van der Waals surface area contributed by atoms with E-state index in [1.165, 1.54) is 22.7 Å². The van der Waals surface area contributed by atoms with Gasteiger partial charge < -0.3 is 10.6 Å². The number of thiazole rings is 2. The number of aromatic nitrogens is 2. The van der Waals surface area contributed by atoms with Gasteiger partial charge in [-0.15, -0.1) is 22.7 Å². The minimum atomic E-state index is 0.00125. The summed E-state index contributed by atoms with van der Waals surface area (Å²) in [6.45, 7) is 4.05. The van der Waals surface area contributed by atoms with Crippen LogP contribution in [-0.2, 0) is 9.59 Å². The second-order valence-electron chi connectivity index (χ2n) is 8.94. The number of aryl methyl sites for hydroxylation is 2. The summed E-state index contributed by atoms with van der Waals surface area (Å²) in [7, 11) is 0. The summed E-state index contributed by atoms with van der Waals surface area (Å²) in [4.78, 5) is 36.1. The van der Waals surface area contributed by atoms with Crippen LogP contribution < -0.4 is 10.6 Å². The number of unbranched alkanes of at least 4 members (excludes halogenated alkanes) is 4. The maximum absolute atomic E-state index is 12.3. The standard InChI is InChI=1S/C29H32N4O2S2/c1-20-26(22-14-8-6-9-15-22)32-28(36-20)30-24(34)18-12-4-3-5-13-19-25(35)31-29-33-27(21(2)37-29)23-16-10-7-11-17-23/h6-11,14-17H,3-5,12-13,18-19H2,1-2H3,(H,30,32,34)(H,31,33,35). The van der Waals surface area contributed by atoms with Crippen molar-refractivity contribution in [2.24, 2.45) is 0 Å². The van der Waals surface area contributed by atoms with Crippen LogP contribution in [0.4, 0.5) is 10.3 Å². The predicted octanol–water partition coefficient (Wildman–Crippen LogP) is 7.86. The van der Waals surface area contributed by atoms with Gasteiger partial charge in [0, 0.05) is 33.7 Å². The fraction of sp³-hybridized carbons (Fsp3) is 0.310. The topological polar surface area (TPSA) is 84.0 Å². The summed E-state index contributed by atoms with van der Waals surface area (Å²) in [6, 6.07) is 20.0. The number of benzene rings is 2. The molecule has 2 amide bonds. The minimum Gasteiger partial charge on any atom is -0.302 e. The van der Waals surface area contributed by atoms with Crippen LogP contribution in [0.5, 0.6) is 0 Å². The van der Waals surface area contributed by atoms with E-state index >= 15 is 0 Å². The summed E-state index contributed by atoms with van der Waals surface area (Å²) in [5, 5.41) is 7.18. The van der Waals surface area contributed by atoms with Crippen molar-refractivity contribution >= 4 is 44.8 Å². The highest BCUT2D eigenvalue weighted by molar-refractivity contribution is 7.16. The molecule has 0 unspecified atom stereocenters. The molecule has 37 heavy (non-hydrogen) atoms. The Kier molecular flexibility index (Phi) is 9.57. The number of carbonyl (C=O) groups excluding carboxylic acids is 2. The maximum atomic E-state index is 12.3. The van der Waals surface area contributed by atoms with Crippen LogP contribution in [0, 0.1) is 13.8 Å². The highest BCUT2D eigenvalue weighted by Gasteiger charge is 2.13. The number of rotatable bonds is 12. The van der Waals surface area contributed by atoms with E-state index in [1.807, 2.05) is 74.5 Å². The Morgan fingerprint density at radius 3 is 1.41 bits per heavy atom. The van der Waals surface area contributed by atoms with E-state index in [4.69, 9.17) is 0 Å². The number of nitrogens with one attached hydrogen (secondary N) is 2. The van der Waals surface area contributed by atoms with Gasteiger partial charge in [-0.05, 0) is 26.7 Å². The van der Waals surface area contributed by atoms with Crippen molar-refractivity contribution in [3.05, 3.63) is 70.4 Å². The molecule has 0 bridgehead atoms. The molecular formula is C29H32N4O2S2. The molecule has 4 rings (SSSR count). The van der Waals surface area contributed by atoms with E-state index in [-0.39, 0.29) is 11.8 Å². The zero-order valence-electron chi connectivity index (χ0n) is 21.3. The van der Waals surface area contributed by atoms with Crippen LogP contribution in [0.15, 0.2) is 60.7 Å². The fourth-order valence-electron chi connectivity index (χ4n) is 4.09. The molecule has 0 fully saturated rings. The molecule has 0 aliphatic carbocycles. The van der Waals surface area contributed by atoms with Gasteiger partial charge in [-0.2, -0.15) is 0 Å². The zero-order chi connectivity index (χ0) is 26.0. The zero-order valence-corrected chi connectivity index (χ0v) is 22.9. The smallest absolute Gasteiger partial charge is 0.226 e. The predicted molar refractivity (Wildman–Crippen MR) is 154 cm³/mol. The lowest BCUT2D eigenvalue weighted by Crippen LogP contribution is -2.11. The summed E-state index contributed by atoms with van der Waals surface area (Å²) in [5.41, 5.74) is 3.96. The minimum absolute atomic E-state index is 0.00125. The molecule has 192 valence electrons. The highest BCUT2D eigenvalue weighted by Crippen LogP contribution is 2.31. The molecule has 0 atom stereocenters. The van der Waals surface area contributed by atoms with Crippen molar-refractivity contribution in [2.75, 3.05) is 10.6 Å². The highest BCUT2D eigenvalue weighted by atomic mass is 32.1. The summed E-state index contributed by atoms with van der Waals surface area (Å²) in [5.74, 6) is 0.00251. The third-order valence-electron chi connectivity index (χ3n) is 5.99. The largest absolute Gasteiger partial charge is 0.302 e. The van der Waals surface area contributed by atoms with Crippen molar-refractivity contribution < 1.29 is 9.59 Å². The molecule has 2 aromatic carbocycles. The van der Waals surface area contributed by atoms with E-state index in [0.717, 1.165) is 64.4 Å². The lowest BCUT2D eigenvalue weighted by Gasteiger charge is -2.03. The number of amides is 2. The van der Waals surface area contributed by atoms with Gasteiger partial charge in [-0.25, -0.2) is 9.97 Å². The third kappa shape index (κ3) is 7.81. The summed E-state index contributed by atoms with van der Waals surface area (Å²) in [6.07, 6.45) is 5.55. The molecule has 0 spiro atoms. The first-order chi connectivity index (χ1) is 18.0. The Balaban J connectivity index is 1.09. The van der Waals surface area contributed by atoms with Crippen LogP contribution in [0.25, 0.3) is 22.5 Å². The molecule has 0 saturated carbocycles. The molecule has 0 saturated heterocycles. The molecule has 4 aromatic rings. The number of anilines is 2. The Bertz CT molecular complexity index is 1210. The average molecular weight is 533 g/mol. The summed E-state index contributed by atoms with van der Waals surface area (Å²) >= 11 is 3.01. The van der Waals surface area contributed by atoms with Gasteiger partial charge in [0.2, 0.25) is 11.8 Å². The molecular weight excluding hydrogens is 500 g/mol. The maximum Gasteiger partial charge on any atom is 0.226 e. The van der Waals surface area contributed by atoms with Gasteiger partial charge in [-0.1, -0.05) is 79.9 Å². The number of hydrogen-bond acceptors (Lipinski definition) is 6. The number of hydrogen-bond donors (Lipinski definition) is 2. The van der Waals surface area contributed by atoms with E-state index in [1.54, 1.807) is 0 Å². The molecule has 0 aliphatic rings. The van der Waals surface area contributed by atoms with E-state index in [0.29, 0.717) is 23.1 Å². The van der Waals surface area contributed by atoms with Crippen LogP contribution >= 0.6 is 22.7 Å². The molecule has 6 nitrogen and oxygen atoms in total. The molecule has 2 N–H and O–H groups in total. The van der Waals surface area contributed by atoms with Gasteiger partial charge in [0.15, 0.2) is 10.3 Å². The Morgan fingerprint density at radius 1 is 0.622 bits per heavy atom. The quantitative estimate of drug-likeness (QED) is 0.182. The summed E-state index contributed by atoms with van der Waals surface area (Å²) < 4.78 is 0. The monoisotopic (exact) mass is 532 g/mol. The van der Waals surface area contributed by atoms with Gasteiger partial charge in [0.05, 0.1) is 11.4 Å². The van der Waals surface area contributed by atoms with Crippen molar-refractivity contribution in [3.63, 3.8) is 0 Å². The van der Waals surface area contributed by atoms with Gasteiger partial charge in [-0.3, -0.25) is 9.59 Å². The van der Waals surface area contributed by atoms with E-state index in [9.17, 15) is 9.59 Å². The van der Waals surface area contributed by atoms with Crippen molar-refractivity contribution in [1.82, 2.24) is 9.97 Å². The molecule has 0 radical (unpaired) electrons. The Labute approximate surface area is 226 Å². The fourth-order valence-corrected chi connectivity index (χ4v) is 5.80. The van der Waals surface area contributed by atoms with Crippen molar-refractivity contribution in [2.45, 2.75) is 58.8 Å². The van der Waals surface area contributed by atoms with Crippen LogP contribution in [0.3, 0.4) is 0 Å². The normalized spacial score (nSPS) is 10.9. The van der Waals surface area contributed by atoms with Crippen LogP contribution in [0.1, 0.15) is 54.7 Å². The second kappa shape index (κ2) is 13.3. The first kappa shape index (κ1) is 26.7. The lowest BCUT2D eigenvalue weighted by molar-refractivity contribution is -0.117. The second-order valence-corrected chi connectivity index (χ2v) is 11.4. The van der Waals surface area contributed by atoms with Crippen molar-refractivity contribution in [1.29, 1.82) is 0 Å².